The number of hydrogen-bond donors (Lipinski definition) is 1. The number of nitrogens with one attached hydrogen (secondary N) is 1. The van der Waals surface area contributed by atoms with Gasteiger partial charge in [-0.25, -0.2) is 4.98 Å². The molecule has 4 nitrogen and oxygen atoms in total. The summed E-state index contributed by atoms with van der Waals surface area (Å²) in [5.41, 5.74) is -0.441. The number of rotatable bonds is 1. The third-order valence-electron chi connectivity index (χ3n) is 4.35. The van der Waals surface area contributed by atoms with Gasteiger partial charge in [-0.2, -0.15) is 13.2 Å². The van der Waals surface area contributed by atoms with E-state index in [0.29, 0.717) is 18.7 Å². The molecule has 0 aromatic carbocycles. The van der Waals surface area contributed by atoms with E-state index in [9.17, 15) is 18.0 Å². The van der Waals surface area contributed by atoms with E-state index in [1.165, 1.54) is 6.07 Å². The highest BCUT2D eigenvalue weighted by Crippen LogP contribution is 2.38. The number of halogens is 3. The standard InChI is InChI=1S/C14H16F3N3O/c15-14(16,17)11-2-1-10(7-19-11)20-9-13(4-3-12(20)21)5-6-18-8-13/h1-2,7,18H,3-6,8-9H2. The fourth-order valence-corrected chi connectivity index (χ4v) is 3.10. The zero-order valence-electron chi connectivity index (χ0n) is 11.4. The molecule has 2 aliphatic heterocycles. The summed E-state index contributed by atoms with van der Waals surface area (Å²) in [6.45, 7) is 2.32. The van der Waals surface area contributed by atoms with Crippen molar-refractivity contribution >= 4 is 11.6 Å². The molecule has 7 heteroatoms. The van der Waals surface area contributed by atoms with Crippen LogP contribution in [0.15, 0.2) is 18.3 Å². The lowest BCUT2D eigenvalue weighted by Crippen LogP contribution is -2.47. The molecule has 2 saturated heterocycles. The first-order valence-electron chi connectivity index (χ1n) is 6.94. The number of carbonyl (C=O) groups is 1. The summed E-state index contributed by atoms with van der Waals surface area (Å²) in [7, 11) is 0. The van der Waals surface area contributed by atoms with Gasteiger partial charge in [0.15, 0.2) is 0 Å². The zero-order valence-corrected chi connectivity index (χ0v) is 11.4. The highest BCUT2D eigenvalue weighted by atomic mass is 19.4. The maximum atomic E-state index is 12.5. The molecule has 0 bridgehead atoms. The second-order valence-corrected chi connectivity index (χ2v) is 5.81. The molecule has 1 amide bonds. The molecule has 3 heterocycles. The van der Waals surface area contributed by atoms with E-state index in [0.717, 1.165) is 38.2 Å². The summed E-state index contributed by atoms with van der Waals surface area (Å²) >= 11 is 0. The summed E-state index contributed by atoms with van der Waals surface area (Å²) in [5.74, 6) is -0.0471. The number of hydrogen-bond acceptors (Lipinski definition) is 3. The molecular weight excluding hydrogens is 283 g/mol. The fraction of sp³-hybridized carbons (Fsp3) is 0.571. The minimum atomic E-state index is -4.46. The van der Waals surface area contributed by atoms with Crippen molar-refractivity contribution in [2.75, 3.05) is 24.5 Å². The molecule has 1 N–H and O–H groups in total. The van der Waals surface area contributed by atoms with Gasteiger partial charge >= 0.3 is 6.18 Å². The number of piperidine rings is 1. The van der Waals surface area contributed by atoms with Crippen molar-refractivity contribution in [2.24, 2.45) is 5.41 Å². The SMILES string of the molecule is O=C1CCC2(CCNC2)CN1c1ccc(C(F)(F)F)nc1. The van der Waals surface area contributed by atoms with Crippen LogP contribution in [0, 0.1) is 5.41 Å². The molecule has 1 unspecified atom stereocenters. The number of anilines is 1. The average molecular weight is 299 g/mol. The van der Waals surface area contributed by atoms with Crippen LogP contribution in [0.4, 0.5) is 18.9 Å². The second kappa shape index (κ2) is 4.98. The predicted molar refractivity (Wildman–Crippen MR) is 70.7 cm³/mol. The lowest BCUT2D eigenvalue weighted by Gasteiger charge is -2.39. The Morgan fingerprint density at radius 1 is 1.29 bits per heavy atom. The van der Waals surface area contributed by atoms with Gasteiger partial charge in [0, 0.05) is 24.9 Å². The molecule has 21 heavy (non-hydrogen) atoms. The van der Waals surface area contributed by atoms with Crippen molar-refractivity contribution in [3.63, 3.8) is 0 Å². The first-order valence-corrected chi connectivity index (χ1v) is 6.94. The van der Waals surface area contributed by atoms with Crippen LogP contribution in [-0.2, 0) is 11.0 Å². The Hall–Kier alpha value is -1.63. The smallest absolute Gasteiger partial charge is 0.316 e. The first kappa shape index (κ1) is 14.3. The lowest BCUT2D eigenvalue weighted by molar-refractivity contribution is -0.141. The Kier molecular flexibility index (Phi) is 3.39. The summed E-state index contributed by atoms with van der Waals surface area (Å²) in [6, 6.07) is 2.26. The van der Waals surface area contributed by atoms with E-state index in [1.807, 2.05) is 0 Å². The van der Waals surface area contributed by atoms with Gasteiger partial charge in [-0.15, -0.1) is 0 Å². The van der Waals surface area contributed by atoms with E-state index < -0.39 is 11.9 Å². The number of aromatic nitrogens is 1. The molecule has 0 radical (unpaired) electrons. The quantitative estimate of drug-likeness (QED) is 0.865. The van der Waals surface area contributed by atoms with Gasteiger partial charge in [0.25, 0.3) is 0 Å². The summed E-state index contributed by atoms with van der Waals surface area (Å²) in [5, 5.41) is 3.30. The molecule has 114 valence electrons. The highest BCUT2D eigenvalue weighted by Gasteiger charge is 2.41. The summed E-state index contributed by atoms with van der Waals surface area (Å²) in [4.78, 5) is 17.1. The minimum absolute atomic E-state index is 0.0471. The molecule has 2 fully saturated rings. The fourth-order valence-electron chi connectivity index (χ4n) is 3.10. The van der Waals surface area contributed by atoms with Crippen LogP contribution in [0.3, 0.4) is 0 Å². The van der Waals surface area contributed by atoms with Crippen molar-refractivity contribution in [3.8, 4) is 0 Å². The molecule has 2 aliphatic rings. The van der Waals surface area contributed by atoms with Crippen LogP contribution < -0.4 is 10.2 Å². The van der Waals surface area contributed by atoms with E-state index in [1.54, 1.807) is 4.90 Å². The van der Waals surface area contributed by atoms with Gasteiger partial charge in [-0.1, -0.05) is 0 Å². The molecule has 3 rings (SSSR count). The number of alkyl halides is 3. The third kappa shape index (κ3) is 2.74. The van der Waals surface area contributed by atoms with Crippen molar-refractivity contribution < 1.29 is 18.0 Å². The van der Waals surface area contributed by atoms with Crippen LogP contribution in [0.1, 0.15) is 25.0 Å². The Labute approximate surface area is 120 Å². The van der Waals surface area contributed by atoms with Crippen LogP contribution in [-0.4, -0.2) is 30.5 Å². The number of pyridine rings is 1. The van der Waals surface area contributed by atoms with E-state index in [-0.39, 0.29) is 11.3 Å². The Morgan fingerprint density at radius 3 is 2.67 bits per heavy atom. The molecular formula is C14H16F3N3O. The van der Waals surface area contributed by atoms with Crippen molar-refractivity contribution in [1.29, 1.82) is 0 Å². The second-order valence-electron chi connectivity index (χ2n) is 5.81. The molecule has 1 atom stereocenters. The Bertz CT molecular complexity index is 535. The topological polar surface area (TPSA) is 45.2 Å². The van der Waals surface area contributed by atoms with E-state index in [4.69, 9.17) is 0 Å². The number of carbonyl (C=O) groups excluding carboxylic acids is 1. The molecule has 0 aliphatic carbocycles. The van der Waals surface area contributed by atoms with Crippen LogP contribution >= 0.6 is 0 Å². The van der Waals surface area contributed by atoms with Crippen LogP contribution in [0.25, 0.3) is 0 Å². The largest absolute Gasteiger partial charge is 0.433 e. The zero-order chi connectivity index (χ0) is 15.1. The van der Waals surface area contributed by atoms with Crippen molar-refractivity contribution in [2.45, 2.75) is 25.4 Å². The van der Waals surface area contributed by atoms with Crippen LogP contribution in [0.5, 0.6) is 0 Å². The lowest BCUT2D eigenvalue weighted by atomic mass is 9.79. The maximum absolute atomic E-state index is 12.5. The molecule has 1 spiro atoms. The van der Waals surface area contributed by atoms with Gasteiger partial charge in [0.05, 0.1) is 11.9 Å². The molecule has 0 saturated carbocycles. The van der Waals surface area contributed by atoms with Gasteiger partial charge in [0.1, 0.15) is 5.69 Å². The third-order valence-corrected chi connectivity index (χ3v) is 4.35. The van der Waals surface area contributed by atoms with Gasteiger partial charge < -0.3 is 10.2 Å². The van der Waals surface area contributed by atoms with Gasteiger partial charge in [-0.05, 0) is 31.5 Å². The summed E-state index contributed by atoms with van der Waals surface area (Å²) in [6.07, 6.45) is -1.06. The van der Waals surface area contributed by atoms with Gasteiger partial charge in [-0.3, -0.25) is 4.79 Å². The van der Waals surface area contributed by atoms with Crippen molar-refractivity contribution in [3.05, 3.63) is 24.0 Å². The molecule has 1 aromatic rings. The van der Waals surface area contributed by atoms with E-state index in [2.05, 4.69) is 10.3 Å². The maximum Gasteiger partial charge on any atom is 0.433 e. The predicted octanol–water partition coefficient (Wildman–Crippen LogP) is 2.21. The number of amides is 1. The first-order chi connectivity index (χ1) is 9.90. The van der Waals surface area contributed by atoms with Crippen molar-refractivity contribution in [1.82, 2.24) is 10.3 Å². The van der Waals surface area contributed by atoms with Gasteiger partial charge in [0.2, 0.25) is 5.91 Å². The monoisotopic (exact) mass is 299 g/mol. The number of nitrogens with zero attached hydrogens (tertiary/aromatic N) is 2. The summed E-state index contributed by atoms with van der Waals surface area (Å²) < 4.78 is 37.6. The Morgan fingerprint density at radius 2 is 2.10 bits per heavy atom. The van der Waals surface area contributed by atoms with Crippen LogP contribution in [0.2, 0.25) is 0 Å². The molecule has 1 aromatic heterocycles. The highest BCUT2D eigenvalue weighted by molar-refractivity contribution is 5.94. The normalized spacial score (nSPS) is 26.6. The van der Waals surface area contributed by atoms with E-state index >= 15 is 0 Å². The minimum Gasteiger partial charge on any atom is -0.316 e. The Balaban J connectivity index is 1.82. The average Bonchev–Trinajstić information content (AvgIpc) is 2.90.